The van der Waals surface area contributed by atoms with Crippen LogP contribution in [-0.4, -0.2) is 25.5 Å². The monoisotopic (exact) mass is 396 g/mol. The molecule has 1 aliphatic heterocycles. The Morgan fingerprint density at radius 1 is 1.19 bits per heavy atom. The predicted octanol–water partition coefficient (Wildman–Crippen LogP) is 3.62. The Balaban J connectivity index is 0.00000261. The third-order valence-electron chi connectivity index (χ3n) is 4.50. The number of halogens is 3. The first-order valence-electron chi connectivity index (χ1n) is 8.78. The summed E-state index contributed by atoms with van der Waals surface area (Å²) in [6, 6.07) is 12.2. The van der Waals surface area contributed by atoms with Gasteiger partial charge in [-0.15, -0.1) is 12.4 Å². The average molecular weight is 397 g/mol. The smallest absolute Gasteiger partial charge is 0.265 e. The SMILES string of the molecule is Cl.O=C(NCCC1CCNC1)C(Oc1ccc(F)c(F)c1)c1ccccc1. The van der Waals surface area contributed by atoms with Gasteiger partial charge in [-0.1, -0.05) is 30.3 Å². The maximum atomic E-state index is 13.4. The van der Waals surface area contributed by atoms with Crippen LogP contribution in [0.15, 0.2) is 48.5 Å². The van der Waals surface area contributed by atoms with Crippen molar-refractivity contribution in [2.45, 2.75) is 18.9 Å². The largest absolute Gasteiger partial charge is 0.476 e. The fraction of sp³-hybridized carbons (Fsp3) is 0.350. The number of carbonyl (C=O) groups is 1. The molecule has 1 heterocycles. The van der Waals surface area contributed by atoms with Crippen LogP contribution < -0.4 is 15.4 Å². The van der Waals surface area contributed by atoms with Crippen LogP contribution in [0.4, 0.5) is 8.78 Å². The van der Waals surface area contributed by atoms with Gasteiger partial charge < -0.3 is 15.4 Å². The quantitative estimate of drug-likeness (QED) is 0.751. The second-order valence-electron chi connectivity index (χ2n) is 6.42. The van der Waals surface area contributed by atoms with Crippen molar-refractivity contribution in [2.75, 3.05) is 19.6 Å². The van der Waals surface area contributed by atoms with Crippen LogP contribution in [0, 0.1) is 17.6 Å². The van der Waals surface area contributed by atoms with Crippen LogP contribution in [0.5, 0.6) is 5.75 Å². The van der Waals surface area contributed by atoms with E-state index in [4.69, 9.17) is 4.74 Å². The van der Waals surface area contributed by atoms with Gasteiger partial charge in [-0.05, 0) is 44.0 Å². The molecule has 1 saturated heterocycles. The molecule has 4 nitrogen and oxygen atoms in total. The Hall–Kier alpha value is -2.18. The standard InChI is InChI=1S/C20H22F2N2O2.ClH/c21-17-7-6-16(12-18(17)22)26-19(15-4-2-1-3-5-15)20(25)24-11-9-14-8-10-23-13-14;/h1-7,12,14,19,23H,8-11,13H2,(H,24,25);1H. The van der Waals surface area contributed by atoms with Crippen LogP contribution in [0.1, 0.15) is 24.5 Å². The molecule has 2 N–H and O–H groups in total. The molecule has 0 bridgehead atoms. The number of nitrogens with one attached hydrogen (secondary N) is 2. The van der Waals surface area contributed by atoms with E-state index in [2.05, 4.69) is 10.6 Å². The van der Waals surface area contributed by atoms with E-state index in [0.717, 1.165) is 38.1 Å². The minimum Gasteiger partial charge on any atom is -0.476 e. The molecule has 27 heavy (non-hydrogen) atoms. The molecule has 3 rings (SSSR count). The highest BCUT2D eigenvalue weighted by atomic mass is 35.5. The summed E-state index contributed by atoms with van der Waals surface area (Å²) in [6.45, 7) is 2.55. The van der Waals surface area contributed by atoms with Crippen molar-refractivity contribution < 1.29 is 18.3 Å². The Bertz CT molecular complexity index is 740. The van der Waals surface area contributed by atoms with Gasteiger partial charge in [0.05, 0.1) is 0 Å². The fourth-order valence-corrected chi connectivity index (χ4v) is 3.04. The molecular formula is C20H23ClF2N2O2. The predicted molar refractivity (Wildman–Crippen MR) is 102 cm³/mol. The molecular weight excluding hydrogens is 374 g/mol. The van der Waals surface area contributed by atoms with Crippen molar-refractivity contribution >= 4 is 18.3 Å². The lowest BCUT2D eigenvalue weighted by Crippen LogP contribution is -2.34. The van der Waals surface area contributed by atoms with Crippen molar-refractivity contribution in [3.63, 3.8) is 0 Å². The van der Waals surface area contributed by atoms with Crippen LogP contribution in [0.3, 0.4) is 0 Å². The van der Waals surface area contributed by atoms with Crippen molar-refractivity contribution in [1.82, 2.24) is 10.6 Å². The van der Waals surface area contributed by atoms with Gasteiger partial charge in [-0.2, -0.15) is 0 Å². The van der Waals surface area contributed by atoms with Crippen molar-refractivity contribution in [3.05, 3.63) is 65.7 Å². The van der Waals surface area contributed by atoms with Crippen LogP contribution in [0.25, 0.3) is 0 Å². The van der Waals surface area contributed by atoms with E-state index < -0.39 is 17.7 Å². The third-order valence-corrected chi connectivity index (χ3v) is 4.50. The highest BCUT2D eigenvalue weighted by Crippen LogP contribution is 2.24. The van der Waals surface area contributed by atoms with E-state index in [1.165, 1.54) is 6.07 Å². The summed E-state index contributed by atoms with van der Waals surface area (Å²) in [6.07, 6.45) is 1.08. The molecule has 1 amide bonds. The van der Waals surface area contributed by atoms with Gasteiger partial charge in [-0.25, -0.2) is 8.78 Å². The van der Waals surface area contributed by atoms with Crippen LogP contribution in [0.2, 0.25) is 0 Å². The first kappa shape index (κ1) is 21.1. The van der Waals surface area contributed by atoms with Gasteiger partial charge in [0, 0.05) is 18.2 Å². The van der Waals surface area contributed by atoms with E-state index in [1.54, 1.807) is 24.3 Å². The van der Waals surface area contributed by atoms with Gasteiger partial charge in [-0.3, -0.25) is 4.79 Å². The topological polar surface area (TPSA) is 50.4 Å². The van der Waals surface area contributed by atoms with E-state index in [9.17, 15) is 13.6 Å². The van der Waals surface area contributed by atoms with Gasteiger partial charge in [0.15, 0.2) is 11.6 Å². The molecule has 0 aromatic heterocycles. The molecule has 7 heteroatoms. The molecule has 2 atom stereocenters. The summed E-state index contributed by atoms with van der Waals surface area (Å²) >= 11 is 0. The zero-order valence-electron chi connectivity index (χ0n) is 14.8. The van der Waals surface area contributed by atoms with Gasteiger partial charge in [0.2, 0.25) is 6.10 Å². The van der Waals surface area contributed by atoms with Crippen molar-refractivity contribution in [2.24, 2.45) is 5.92 Å². The first-order chi connectivity index (χ1) is 12.6. The molecule has 1 fully saturated rings. The second kappa shape index (κ2) is 10.2. The molecule has 0 radical (unpaired) electrons. The normalized spacial score (nSPS) is 17.0. The second-order valence-corrected chi connectivity index (χ2v) is 6.42. The summed E-state index contributed by atoms with van der Waals surface area (Å²) in [5.74, 6) is -1.59. The number of rotatable bonds is 7. The number of carbonyl (C=O) groups excluding carboxylic acids is 1. The summed E-state index contributed by atoms with van der Waals surface area (Å²) in [5, 5.41) is 6.19. The number of ether oxygens (including phenoxy) is 1. The molecule has 0 aliphatic carbocycles. The van der Waals surface area contributed by atoms with Crippen LogP contribution in [-0.2, 0) is 4.79 Å². The highest BCUT2D eigenvalue weighted by molar-refractivity contribution is 5.85. The third kappa shape index (κ3) is 5.91. The van der Waals surface area contributed by atoms with E-state index >= 15 is 0 Å². The van der Waals surface area contributed by atoms with Crippen molar-refractivity contribution in [3.8, 4) is 5.75 Å². The highest BCUT2D eigenvalue weighted by Gasteiger charge is 2.23. The Morgan fingerprint density at radius 2 is 1.96 bits per heavy atom. The van der Waals surface area contributed by atoms with Gasteiger partial charge in [0.1, 0.15) is 5.75 Å². The van der Waals surface area contributed by atoms with Gasteiger partial charge in [0.25, 0.3) is 5.91 Å². The van der Waals surface area contributed by atoms with Crippen LogP contribution >= 0.6 is 12.4 Å². The lowest BCUT2D eigenvalue weighted by molar-refractivity contribution is -0.128. The molecule has 0 saturated carbocycles. The average Bonchev–Trinajstić information content (AvgIpc) is 3.16. The number of hydrogen-bond acceptors (Lipinski definition) is 3. The summed E-state index contributed by atoms with van der Waals surface area (Å²) in [7, 11) is 0. The minimum atomic E-state index is -1.01. The van der Waals surface area contributed by atoms with Gasteiger partial charge >= 0.3 is 0 Å². The Labute approximate surface area is 163 Å². The fourth-order valence-electron chi connectivity index (χ4n) is 3.04. The molecule has 0 spiro atoms. The zero-order chi connectivity index (χ0) is 18.4. The lowest BCUT2D eigenvalue weighted by atomic mass is 10.0. The Kier molecular flexibility index (Phi) is 8.00. The van der Waals surface area contributed by atoms with E-state index in [0.29, 0.717) is 18.0 Å². The zero-order valence-corrected chi connectivity index (χ0v) is 15.6. The Morgan fingerprint density at radius 3 is 2.63 bits per heavy atom. The summed E-state index contributed by atoms with van der Waals surface area (Å²) < 4.78 is 32.3. The van der Waals surface area contributed by atoms with Crippen molar-refractivity contribution in [1.29, 1.82) is 0 Å². The number of benzene rings is 2. The lowest BCUT2D eigenvalue weighted by Gasteiger charge is -2.20. The number of amides is 1. The van der Waals surface area contributed by atoms with E-state index in [1.807, 2.05) is 6.07 Å². The number of hydrogen-bond donors (Lipinski definition) is 2. The van der Waals surface area contributed by atoms with E-state index in [-0.39, 0.29) is 24.1 Å². The summed E-state index contributed by atoms with van der Waals surface area (Å²) in [5.41, 5.74) is 0.650. The maximum absolute atomic E-state index is 13.4. The molecule has 2 aromatic carbocycles. The molecule has 1 aliphatic rings. The molecule has 2 aromatic rings. The first-order valence-corrected chi connectivity index (χ1v) is 8.78. The maximum Gasteiger partial charge on any atom is 0.265 e. The summed E-state index contributed by atoms with van der Waals surface area (Å²) in [4.78, 5) is 12.7. The minimum absolute atomic E-state index is 0. The molecule has 146 valence electrons. The molecule has 2 unspecified atom stereocenters.